The van der Waals surface area contributed by atoms with Gasteiger partial charge >= 0.3 is 0 Å². The lowest BCUT2D eigenvalue weighted by Gasteiger charge is -2.05. The topological polar surface area (TPSA) is 88.8 Å². The van der Waals surface area contributed by atoms with E-state index in [0.29, 0.717) is 18.5 Å². The molecule has 1 aromatic carbocycles. The Morgan fingerprint density at radius 1 is 1.00 bits per heavy atom. The van der Waals surface area contributed by atoms with E-state index in [2.05, 4.69) is 22.2 Å². The smallest absolute Gasteiger partial charge is 0.195 e. The molecule has 6 heteroatoms. The molecule has 0 amide bonds. The van der Waals surface area contributed by atoms with Crippen molar-refractivity contribution >= 4 is 24.3 Å². The molecule has 0 atom stereocenters. The highest BCUT2D eigenvalue weighted by Crippen LogP contribution is 1.99. The van der Waals surface area contributed by atoms with Gasteiger partial charge in [-0.05, 0) is 12.0 Å². The van der Waals surface area contributed by atoms with Gasteiger partial charge in [0.15, 0.2) is 11.9 Å². The van der Waals surface area contributed by atoms with E-state index in [-0.39, 0.29) is 12.4 Å². The lowest BCUT2D eigenvalue weighted by atomic mass is 10.2. The van der Waals surface area contributed by atoms with E-state index in [1.807, 2.05) is 30.3 Å². The maximum absolute atomic E-state index is 5.75. The molecule has 0 aliphatic carbocycles. The number of unbranched alkanes of at least 4 members (excludes halogenated alkanes) is 3. The number of nitrogens with zero attached hydrogens (tertiary/aromatic N) is 2. The third-order valence-corrected chi connectivity index (χ3v) is 2.82. The number of hydrogen-bond donors (Lipinski definition) is 3. The lowest BCUT2D eigenvalue weighted by molar-refractivity contribution is 0.674. The molecule has 1 rings (SSSR count). The molecule has 0 heterocycles. The maximum Gasteiger partial charge on any atom is 0.195 e. The van der Waals surface area contributed by atoms with Crippen molar-refractivity contribution in [3.05, 3.63) is 35.9 Å². The number of aliphatic imine (C=N–C) groups is 2. The van der Waals surface area contributed by atoms with Gasteiger partial charge < -0.3 is 11.5 Å². The fourth-order valence-corrected chi connectivity index (χ4v) is 1.71. The molecule has 0 aromatic heterocycles. The van der Waals surface area contributed by atoms with Crippen molar-refractivity contribution < 1.29 is 0 Å². The van der Waals surface area contributed by atoms with E-state index in [4.69, 9.17) is 11.5 Å². The second-order valence-corrected chi connectivity index (χ2v) is 4.64. The van der Waals surface area contributed by atoms with Gasteiger partial charge in [-0.2, -0.15) is 0 Å². The largest absolute Gasteiger partial charge is 0.370 e. The molecular formula is C15H26ClN5. The third-order valence-electron chi connectivity index (χ3n) is 2.82. The fourth-order valence-electron chi connectivity index (χ4n) is 1.71. The van der Waals surface area contributed by atoms with E-state index in [1.165, 1.54) is 19.3 Å². The van der Waals surface area contributed by atoms with Crippen LogP contribution in [0.5, 0.6) is 0 Å². The highest BCUT2D eigenvalue weighted by molar-refractivity contribution is 5.96. The predicted octanol–water partition coefficient (Wildman–Crippen LogP) is 2.41. The Morgan fingerprint density at radius 3 is 2.33 bits per heavy atom. The summed E-state index contributed by atoms with van der Waals surface area (Å²) in [7, 11) is 0. The standard InChI is InChI=1S/C15H25N5.ClH/c1-2-3-4-8-11-18-14(16)20-15(17)19-12-13-9-6-5-7-10-13;/h5-7,9-10H,2-4,8,11-12H2,1H3,(H5,16,17,18,19,20);1H. The second-order valence-electron chi connectivity index (χ2n) is 4.64. The first-order valence-electron chi connectivity index (χ1n) is 7.13. The van der Waals surface area contributed by atoms with E-state index >= 15 is 0 Å². The van der Waals surface area contributed by atoms with Crippen LogP contribution in [0.25, 0.3) is 0 Å². The number of nitrogens with one attached hydrogen (secondary N) is 1. The van der Waals surface area contributed by atoms with Gasteiger partial charge in [0.1, 0.15) is 0 Å². The summed E-state index contributed by atoms with van der Waals surface area (Å²) in [6, 6.07) is 9.92. The van der Waals surface area contributed by atoms with Crippen molar-refractivity contribution in [2.24, 2.45) is 21.5 Å². The third kappa shape index (κ3) is 9.73. The van der Waals surface area contributed by atoms with Gasteiger partial charge in [-0.25, -0.2) is 4.99 Å². The summed E-state index contributed by atoms with van der Waals surface area (Å²) in [4.78, 5) is 8.43. The average molecular weight is 312 g/mol. The van der Waals surface area contributed by atoms with Crippen LogP contribution in [0.1, 0.15) is 38.2 Å². The Labute approximate surface area is 133 Å². The molecule has 0 unspecified atom stereocenters. The van der Waals surface area contributed by atoms with Gasteiger partial charge in [0.2, 0.25) is 0 Å². The molecular weight excluding hydrogens is 286 g/mol. The first-order chi connectivity index (χ1) is 9.72. The quantitative estimate of drug-likeness (QED) is 0.410. The van der Waals surface area contributed by atoms with E-state index in [1.54, 1.807) is 0 Å². The Balaban J connectivity index is 0.00000400. The van der Waals surface area contributed by atoms with Crippen LogP contribution in [0.2, 0.25) is 0 Å². The van der Waals surface area contributed by atoms with Crippen LogP contribution in [0.15, 0.2) is 40.3 Å². The number of halogens is 1. The highest BCUT2D eigenvalue weighted by atomic mass is 35.5. The Hall–Kier alpha value is -1.75. The first kappa shape index (κ1) is 19.2. The summed E-state index contributed by atoms with van der Waals surface area (Å²) >= 11 is 0. The zero-order valence-electron chi connectivity index (χ0n) is 12.6. The summed E-state index contributed by atoms with van der Waals surface area (Å²) in [5.74, 6) is 0.625. The van der Waals surface area contributed by atoms with Crippen LogP contribution < -0.4 is 16.8 Å². The molecule has 0 aliphatic rings. The number of hydrogen-bond acceptors (Lipinski definition) is 2. The summed E-state index contributed by atoms with van der Waals surface area (Å²) in [5.41, 5.74) is 12.6. The number of nitrogens with two attached hydrogens (primary N) is 2. The summed E-state index contributed by atoms with van der Waals surface area (Å²) in [5, 5.41) is 2.80. The molecule has 0 saturated heterocycles. The van der Waals surface area contributed by atoms with Gasteiger partial charge in [0, 0.05) is 6.54 Å². The molecule has 5 nitrogen and oxygen atoms in total. The minimum atomic E-state index is 0. The first-order valence-corrected chi connectivity index (χ1v) is 7.13. The van der Waals surface area contributed by atoms with E-state index in [9.17, 15) is 0 Å². The zero-order chi connectivity index (χ0) is 14.6. The van der Waals surface area contributed by atoms with Crippen molar-refractivity contribution in [3.63, 3.8) is 0 Å². The van der Waals surface area contributed by atoms with Crippen LogP contribution in [0, 0.1) is 0 Å². The Bertz CT molecular complexity index is 431. The molecule has 1 aromatic rings. The lowest BCUT2D eigenvalue weighted by Crippen LogP contribution is -2.41. The molecule has 0 radical (unpaired) electrons. The second kappa shape index (κ2) is 12.0. The monoisotopic (exact) mass is 311 g/mol. The number of guanidine groups is 2. The SMILES string of the molecule is CCCCCCN=C(N)NC(N)=NCc1ccccc1.Cl. The number of rotatable bonds is 7. The molecule has 118 valence electrons. The van der Waals surface area contributed by atoms with Crippen molar-refractivity contribution in [2.75, 3.05) is 6.54 Å². The van der Waals surface area contributed by atoms with E-state index < -0.39 is 0 Å². The molecule has 0 spiro atoms. The molecule has 21 heavy (non-hydrogen) atoms. The molecule has 0 bridgehead atoms. The van der Waals surface area contributed by atoms with Gasteiger partial charge in [0.25, 0.3) is 0 Å². The van der Waals surface area contributed by atoms with Gasteiger partial charge in [-0.1, -0.05) is 56.5 Å². The van der Waals surface area contributed by atoms with E-state index in [0.717, 1.165) is 18.5 Å². The van der Waals surface area contributed by atoms with Crippen molar-refractivity contribution in [2.45, 2.75) is 39.2 Å². The zero-order valence-corrected chi connectivity index (χ0v) is 13.4. The Kier molecular flexibility index (Phi) is 11.0. The molecule has 0 aliphatic heterocycles. The van der Waals surface area contributed by atoms with Gasteiger partial charge in [0.05, 0.1) is 6.54 Å². The summed E-state index contributed by atoms with van der Waals surface area (Å²) < 4.78 is 0. The molecule has 0 fully saturated rings. The minimum absolute atomic E-state index is 0. The Morgan fingerprint density at radius 2 is 1.67 bits per heavy atom. The fraction of sp³-hybridized carbons (Fsp3) is 0.467. The molecule has 5 N–H and O–H groups in total. The van der Waals surface area contributed by atoms with Crippen molar-refractivity contribution in [1.82, 2.24) is 5.32 Å². The van der Waals surface area contributed by atoms with Crippen LogP contribution >= 0.6 is 12.4 Å². The van der Waals surface area contributed by atoms with Gasteiger partial charge in [-0.3, -0.25) is 10.3 Å². The normalized spacial score (nSPS) is 11.9. The summed E-state index contributed by atoms with van der Waals surface area (Å²) in [6.45, 7) is 3.44. The minimum Gasteiger partial charge on any atom is -0.370 e. The van der Waals surface area contributed by atoms with Crippen molar-refractivity contribution in [3.8, 4) is 0 Å². The predicted molar refractivity (Wildman–Crippen MR) is 92.8 cm³/mol. The number of benzene rings is 1. The summed E-state index contributed by atoms with van der Waals surface area (Å²) in [6.07, 6.45) is 4.70. The van der Waals surface area contributed by atoms with Gasteiger partial charge in [-0.15, -0.1) is 12.4 Å². The average Bonchev–Trinajstić information content (AvgIpc) is 2.46. The maximum atomic E-state index is 5.75. The van der Waals surface area contributed by atoms with Crippen LogP contribution in [-0.2, 0) is 6.54 Å². The van der Waals surface area contributed by atoms with Crippen molar-refractivity contribution in [1.29, 1.82) is 0 Å². The van der Waals surface area contributed by atoms with Crippen LogP contribution in [-0.4, -0.2) is 18.5 Å². The van der Waals surface area contributed by atoms with Crippen LogP contribution in [0.4, 0.5) is 0 Å². The van der Waals surface area contributed by atoms with Crippen LogP contribution in [0.3, 0.4) is 0 Å². The molecule has 0 saturated carbocycles. The highest BCUT2D eigenvalue weighted by Gasteiger charge is 1.95.